The second kappa shape index (κ2) is 9.10. The standard InChI is InChI=1S/C19H21N3O3.ClH/c20-17-9-5-4-8-16(17)19(24)21-14-12-18(23)22(13-14)10-11-25-15-6-2-1-3-7-15;/h1-9,14H,10-13,20H2,(H,21,24);1H. The van der Waals surface area contributed by atoms with E-state index in [2.05, 4.69) is 5.32 Å². The van der Waals surface area contributed by atoms with Crippen LogP contribution in [0.1, 0.15) is 16.8 Å². The van der Waals surface area contributed by atoms with Crippen molar-refractivity contribution in [2.24, 2.45) is 0 Å². The Hall–Kier alpha value is -2.73. The number of nitrogens with zero attached hydrogens (tertiary/aromatic N) is 1. The van der Waals surface area contributed by atoms with Gasteiger partial charge in [-0.2, -0.15) is 0 Å². The highest BCUT2D eigenvalue weighted by atomic mass is 35.5. The predicted molar refractivity (Wildman–Crippen MR) is 102 cm³/mol. The van der Waals surface area contributed by atoms with Crippen molar-refractivity contribution in [3.05, 3.63) is 60.2 Å². The van der Waals surface area contributed by atoms with Crippen molar-refractivity contribution in [3.63, 3.8) is 0 Å². The quantitative estimate of drug-likeness (QED) is 0.757. The molecule has 1 atom stereocenters. The number of likely N-dealkylation sites (tertiary alicyclic amines) is 1. The molecule has 26 heavy (non-hydrogen) atoms. The molecule has 0 spiro atoms. The van der Waals surface area contributed by atoms with E-state index in [1.165, 1.54) is 0 Å². The van der Waals surface area contributed by atoms with Crippen LogP contribution in [0.2, 0.25) is 0 Å². The average molecular weight is 376 g/mol. The van der Waals surface area contributed by atoms with E-state index in [0.29, 0.717) is 37.4 Å². The fourth-order valence-electron chi connectivity index (χ4n) is 2.84. The van der Waals surface area contributed by atoms with Crippen molar-refractivity contribution in [2.45, 2.75) is 12.5 Å². The van der Waals surface area contributed by atoms with Crippen LogP contribution in [0.3, 0.4) is 0 Å². The molecule has 0 aromatic heterocycles. The van der Waals surface area contributed by atoms with Gasteiger partial charge in [-0.1, -0.05) is 30.3 Å². The normalized spacial score (nSPS) is 16.1. The molecule has 1 fully saturated rings. The Bertz CT molecular complexity index is 755. The third kappa shape index (κ3) is 4.89. The number of nitrogens with two attached hydrogens (primary N) is 1. The van der Waals surface area contributed by atoms with Crippen LogP contribution in [0, 0.1) is 0 Å². The summed E-state index contributed by atoms with van der Waals surface area (Å²) in [5, 5.41) is 2.88. The molecular weight excluding hydrogens is 354 g/mol. The van der Waals surface area contributed by atoms with Gasteiger partial charge < -0.3 is 20.7 Å². The third-order valence-corrected chi connectivity index (χ3v) is 4.13. The van der Waals surface area contributed by atoms with Crippen molar-refractivity contribution in [3.8, 4) is 5.75 Å². The first-order valence-corrected chi connectivity index (χ1v) is 8.24. The Kier molecular flexibility index (Phi) is 6.86. The fraction of sp³-hybridized carbons (Fsp3) is 0.263. The van der Waals surface area contributed by atoms with Crippen LogP contribution in [-0.4, -0.2) is 42.5 Å². The second-order valence-corrected chi connectivity index (χ2v) is 5.96. The van der Waals surface area contributed by atoms with Crippen LogP contribution < -0.4 is 15.8 Å². The number of hydrogen-bond donors (Lipinski definition) is 2. The van der Waals surface area contributed by atoms with Crippen LogP contribution in [0.25, 0.3) is 0 Å². The first kappa shape index (κ1) is 19.6. The maximum Gasteiger partial charge on any atom is 0.253 e. The zero-order chi connectivity index (χ0) is 17.6. The number of ether oxygens (including phenoxy) is 1. The lowest BCUT2D eigenvalue weighted by atomic mass is 10.1. The van der Waals surface area contributed by atoms with Crippen LogP contribution in [0.15, 0.2) is 54.6 Å². The van der Waals surface area contributed by atoms with Crippen molar-refractivity contribution >= 4 is 29.9 Å². The van der Waals surface area contributed by atoms with Gasteiger partial charge in [0, 0.05) is 18.7 Å². The summed E-state index contributed by atoms with van der Waals surface area (Å²) in [6.07, 6.45) is 0.295. The molecular formula is C19H22ClN3O3. The predicted octanol–water partition coefficient (Wildman–Crippen LogP) is 2.10. The van der Waals surface area contributed by atoms with E-state index in [1.807, 2.05) is 30.3 Å². The Labute approximate surface area is 158 Å². The summed E-state index contributed by atoms with van der Waals surface area (Å²) in [4.78, 5) is 26.1. The summed E-state index contributed by atoms with van der Waals surface area (Å²) in [6.45, 7) is 1.39. The Morgan fingerprint density at radius 2 is 1.85 bits per heavy atom. The number of carbonyl (C=O) groups excluding carboxylic acids is 2. The van der Waals surface area contributed by atoms with Gasteiger partial charge in [-0.05, 0) is 24.3 Å². The van der Waals surface area contributed by atoms with E-state index in [-0.39, 0.29) is 30.3 Å². The monoisotopic (exact) mass is 375 g/mol. The number of para-hydroxylation sites is 2. The number of nitrogens with one attached hydrogen (secondary N) is 1. The highest BCUT2D eigenvalue weighted by Crippen LogP contribution is 2.15. The van der Waals surface area contributed by atoms with Crippen molar-refractivity contribution in [1.82, 2.24) is 10.2 Å². The number of amides is 2. The van der Waals surface area contributed by atoms with Crippen LogP contribution in [0.4, 0.5) is 5.69 Å². The molecule has 1 heterocycles. The van der Waals surface area contributed by atoms with E-state index in [1.54, 1.807) is 29.2 Å². The zero-order valence-electron chi connectivity index (χ0n) is 14.3. The van der Waals surface area contributed by atoms with Gasteiger partial charge in [0.25, 0.3) is 5.91 Å². The summed E-state index contributed by atoms with van der Waals surface area (Å²) in [5.74, 6) is 0.542. The number of carbonyl (C=O) groups is 2. The molecule has 3 N–H and O–H groups in total. The van der Waals surface area contributed by atoms with Crippen LogP contribution in [0.5, 0.6) is 5.75 Å². The largest absolute Gasteiger partial charge is 0.492 e. The average Bonchev–Trinajstić information content (AvgIpc) is 2.95. The minimum atomic E-state index is -0.252. The maximum absolute atomic E-state index is 12.3. The second-order valence-electron chi connectivity index (χ2n) is 5.96. The molecule has 1 saturated heterocycles. The number of hydrogen-bond acceptors (Lipinski definition) is 4. The molecule has 0 saturated carbocycles. The van der Waals surface area contributed by atoms with Gasteiger partial charge in [0.15, 0.2) is 0 Å². The molecule has 3 rings (SSSR count). The Balaban J connectivity index is 0.00000243. The molecule has 1 aliphatic rings. The SMILES string of the molecule is Cl.Nc1ccccc1C(=O)NC1CC(=O)N(CCOc2ccccc2)C1. The molecule has 2 amide bonds. The van der Waals surface area contributed by atoms with Crippen LogP contribution >= 0.6 is 12.4 Å². The maximum atomic E-state index is 12.3. The number of rotatable bonds is 6. The van der Waals surface area contributed by atoms with E-state index in [4.69, 9.17) is 10.5 Å². The summed E-state index contributed by atoms with van der Waals surface area (Å²) >= 11 is 0. The molecule has 1 unspecified atom stereocenters. The Morgan fingerprint density at radius 1 is 1.15 bits per heavy atom. The topological polar surface area (TPSA) is 84.7 Å². The zero-order valence-corrected chi connectivity index (χ0v) is 15.1. The fourth-order valence-corrected chi connectivity index (χ4v) is 2.84. The number of anilines is 1. The van der Waals surface area contributed by atoms with Crippen molar-refractivity contribution in [2.75, 3.05) is 25.4 Å². The van der Waals surface area contributed by atoms with E-state index in [0.717, 1.165) is 5.75 Å². The number of halogens is 1. The lowest BCUT2D eigenvalue weighted by molar-refractivity contribution is -0.128. The lowest BCUT2D eigenvalue weighted by Gasteiger charge is -2.17. The third-order valence-electron chi connectivity index (χ3n) is 4.13. The summed E-state index contributed by atoms with van der Waals surface area (Å²) in [7, 11) is 0. The van der Waals surface area contributed by atoms with Gasteiger partial charge in [-0.15, -0.1) is 12.4 Å². The highest BCUT2D eigenvalue weighted by Gasteiger charge is 2.30. The Morgan fingerprint density at radius 3 is 2.58 bits per heavy atom. The first-order valence-electron chi connectivity index (χ1n) is 8.24. The number of benzene rings is 2. The van der Waals surface area contributed by atoms with E-state index >= 15 is 0 Å². The smallest absolute Gasteiger partial charge is 0.253 e. The molecule has 0 radical (unpaired) electrons. The molecule has 0 aliphatic carbocycles. The minimum absolute atomic E-state index is 0. The van der Waals surface area contributed by atoms with Gasteiger partial charge in [-0.3, -0.25) is 9.59 Å². The summed E-state index contributed by atoms with van der Waals surface area (Å²) in [5.41, 5.74) is 6.68. The van der Waals surface area contributed by atoms with Gasteiger partial charge in [0.05, 0.1) is 18.2 Å². The van der Waals surface area contributed by atoms with Gasteiger partial charge in [-0.25, -0.2) is 0 Å². The lowest BCUT2D eigenvalue weighted by Crippen LogP contribution is -2.38. The summed E-state index contributed by atoms with van der Waals surface area (Å²) in [6, 6.07) is 16.2. The molecule has 6 nitrogen and oxygen atoms in total. The molecule has 1 aliphatic heterocycles. The van der Waals surface area contributed by atoms with Gasteiger partial charge in [0.2, 0.25) is 5.91 Å². The molecule has 138 valence electrons. The molecule has 2 aromatic carbocycles. The summed E-state index contributed by atoms with van der Waals surface area (Å²) < 4.78 is 5.62. The van der Waals surface area contributed by atoms with E-state index < -0.39 is 0 Å². The van der Waals surface area contributed by atoms with E-state index in [9.17, 15) is 9.59 Å². The molecule has 0 bridgehead atoms. The van der Waals surface area contributed by atoms with Crippen LogP contribution in [-0.2, 0) is 4.79 Å². The number of nitrogen functional groups attached to an aromatic ring is 1. The van der Waals surface area contributed by atoms with Gasteiger partial charge in [0.1, 0.15) is 12.4 Å². The van der Waals surface area contributed by atoms with Crippen molar-refractivity contribution in [1.29, 1.82) is 0 Å². The van der Waals surface area contributed by atoms with Crippen molar-refractivity contribution < 1.29 is 14.3 Å². The minimum Gasteiger partial charge on any atom is -0.492 e. The van der Waals surface area contributed by atoms with Gasteiger partial charge >= 0.3 is 0 Å². The molecule has 7 heteroatoms. The highest BCUT2D eigenvalue weighted by molar-refractivity contribution is 5.99. The first-order chi connectivity index (χ1) is 12.1. The molecule has 2 aromatic rings.